The van der Waals surface area contributed by atoms with Crippen LogP contribution in [0, 0.1) is 11.3 Å². The van der Waals surface area contributed by atoms with Gasteiger partial charge in [0.1, 0.15) is 11.6 Å². The topological polar surface area (TPSA) is 49.6 Å². The maximum Gasteiger partial charge on any atom is 0.416 e. The summed E-state index contributed by atoms with van der Waals surface area (Å²) < 4.78 is 36.1. The molecule has 0 amide bonds. The van der Waals surface area contributed by atoms with Crippen molar-refractivity contribution in [3.05, 3.63) is 52.3 Å². The van der Waals surface area contributed by atoms with Gasteiger partial charge in [-0.25, -0.2) is 9.97 Å². The van der Waals surface area contributed by atoms with E-state index in [-0.39, 0.29) is 5.15 Å². The molecular weight excluding hydrogens is 347 g/mol. The summed E-state index contributed by atoms with van der Waals surface area (Å²) in [5.41, 5.74) is 0.646. The molecule has 8 heteroatoms. The monoisotopic (exact) mass is 359 g/mol. The highest BCUT2D eigenvalue weighted by Crippen LogP contribution is 2.29. The SMILES string of the molecule is CCc1ccc(C(F)(F)F)cc1.CSc1ncc(C#N)c(Cl)n1. The number of benzene rings is 1. The van der Waals surface area contributed by atoms with E-state index in [1.54, 1.807) is 0 Å². The summed E-state index contributed by atoms with van der Waals surface area (Å²) in [4.78, 5) is 7.73. The van der Waals surface area contributed by atoms with Crippen LogP contribution in [0.15, 0.2) is 35.6 Å². The zero-order valence-corrected chi connectivity index (χ0v) is 13.9. The molecule has 3 nitrogen and oxygen atoms in total. The van der Waals surface area contributed by atoms with E-state index in [4.69, 9.17) is 16.9 Å². The first-order valence-corrected chi connectivity index (χ1v) is 8.04. The van der Waals surface area contributed by atoms with E-state index in [0.29, 0.717) is 10.7 Å². The van der Waals surface area contributed by atoms with Crippen LogP contribution in [0.2, 0.25) is 5.15 Å². The Morgan fingerprint density at radius 2 is 1.87 bits per heavy atom. The van der Waals surface area contributed by atoms with Crippen LogP contribution in [0.5, 0.6) is 0 Å². The van der Waals surface area contributed by atoms with Crippen molar-refractivity contribution in [3.63, 3.8) is 0 Å². The fourth-order valence-corrected chi connectivity index (χ4v) is 2.01. The van der Waals surface area contributed by atoms with Crippen LogP contribution in [0.1, 0.15) is 23.6 Å². The summed E-state index contributed by atoms with van der Waals surface area (Å²) in [6, 6.07) is 7.11. The second-order valence-electron chi connectivity index (χ2n) is 4.22. The molecule has 1 aromatic carbocycles. The van der Waals surface area contributed by atoms with Crippen molar-refractivity contribution >= 4 is 23.4 Å². The molecule has 0 aliphatic carbocycles. The van der Waals surface area contributed by atoms with Gasteiger partial charge in [-0.3, -0.25) is 0 Å². The van der Waals surface area contributed by atoms with Crippen molar-refractivity contribution in [2.24, 2.45) is 0 Å². The van der Waals surface area contributed by atoms with Gasteiger partial charge in [-0.2, -0.15) is 18.4 Å². The number of alkyl halides is 3. The molecule has 23 heavy (non-hydrogen) atoms. The number of halogens is 4. The van der Waals surface area contributed by atoms with E-state index < -0.39 is 11.7 Å². The highest BCUT2D eigenvalue weighted by Gasteiger charge is 2.29. The van der Waals surface area contributed by atoms with Crippen molar-refractivity contribution in [3.8, 4) is 6.07 Å². The Balaban J connectivity index is 0.000000231. The van der Waals surface area contributed by atoms with Crippen LogP contribution >= 0.6 is 23.4 Å². The summed E-state index contributed by atoms with van der Waals surface area (Å²) in [7, 11) is 0. The van der Waals surface area contributed by atoms with E-state index >= 15 is 0 Å². The number of aryl methyl sites for hydroxylation is 1. The maximum absolute atomic E-state index is 12.0. The van der Waals surface area contributed by atoms with Crippen LogP contribution in [0.4, 0.5) is 13.2 Å². The van der Waals surface area contributed by atoms with E-state index in [9.17, 15) is 13.2 Å². The van der Waals surface area contributed by atoms with Gasteiger partial charge in [0, 0.05) is 0 Å². The summed E-state index contributed by atoms with van der Waals surface area (Å²) in [6.45, 7) is 1.91. The molecular formula is C15H13ClF3N3S. The molecule has 0 saturated carbocycles. The van der Waals surface area contributed by atoms with Gasteiger partial charge in [-0.05, 0) is 30.4 Å². The van der Waals surface area contributed by atoms with Crippen molar-refractivity contribution in [1.29, 1.82) is 5.26 Å². The van der Waals surface area contributed by atoms with Gasteiger partial charge in [-0.15, -0.1) is 0 Å². The average Bonchev–Trinajstić information content (AvgIpc) is 2.54. The van der Waals surface area contributed by atoms with Crippen LogP contribution in [0.3, 0.4) is 0 Å². The smallest absolute Gasteiger partial charge is 0.230 e. The Morgan fingerprint density at radius 1 is 1.26 bits per heavy atom. The number of nitriles is 1. The molecule has 0 N–H and O–H groups in total. The van der Waals surface area contributed by atoms with Gasteiger partial charge < -0.3 is 0 Å². The van der Waals surface area contributed by atoms with E-state index in [0.717, 1.165) is 24.1 Å². The first-order valence-electron chi connectivity index (χ1n) is 6.44. The third kappa shape index (κ3) is 6.08. The van der Waals surface area contributed by atoms with Gasteiger partial charge >= 0.3 is 6.18 Å². The Hall–Kier alpha value is -1.78. The molecule has 0 aliphatic heterocycles. The first-order chi connectivity index (χ1) is 10.8. The van der Waals surface area contributed by atoms with Gasteiger partial charge in [-0.1, -0.05) is 42.4 Å². The largest absolute Gasteiger partial charge is 0.416 e. The number of hydrogen-bond acceptors (Lipinski definition) is 4. The predicted octanol–water partition coefficient (Wildman–Crippen LogP) is 4.99. The Kier molecular flexibility index (Phi) is 7.33. The minimum Gasteiger partial charge on any atom is -0.230 e. The minimum atomic E-state index is -4.22. The third-order valence-electron chi connectivity index (χ3n) is 2.71. The van der Waals surface area contributed by atoms with Crippen LogP contribution in [0.25, 0.3) is 0 Å². The predicted molar refractivity (Wildman–Crippen MR) is 84.4 cm³/mol. The lowest BCUT2D eigenvalue weighted by atomic mass is 10.1. The van der Waals surface area contributed by atoms with Crippen molar-refractivity contribution in [1.82, 2.24) is 9.97 Å². The van der Waals surface area contributed by atoms with Gasteiger partial charge in [0.15, 0.2) is 10.3 Å². The fourth-order valence-electron chi connectivity index (χ4n) is 1.45. The fraction of sp³-hybridized carbons (Fsp3) is 0.267. The van der Waals surface area contributed by atoms with E-state index in [1.807, 2.05) is 19.2 Å². The zero-order chi connectivity index (χ0) is 17.5. The lowest BCUT2D eigenvalue weighted by Crippen LogP contribution is -2.04. The van der Waals surface area contributed by atoms with Crippen LogP contribution in [-0.4, -0.2) is 16.2 Å². The second kappa shape index (κ2) is 8.75. The molecule has 122 valence electrons. The first kappa shape index (κ1) is 19.3. The van der Waals surface area contributed by atoms with E-state index in [2.05, 4.69) is 9.97 Å². The van der Waals surface area contributed by atoms with Crippen molar-refractivity contribution < 1.29 is 13.2 Å². The van der Waals surface area contributed by atoms with Gasteiger partial charge in [0.25, 0.3) is 0 Å². The molecule has 2 aromatic rings. The molecule has 0 aliphatic rings. The minimum absolute atomic E-state index is 0.215. The number of thioether (sulfide) groups is 1. The lowest BCUT2D eigenvalue weighted by molar-refractivity contribution is -0.137. The van der Waals surface area contributed by atoms with Crippen LogP contribution in [-0.2, 0) is 12.6 Å². The summed E-state index contributed by atoms with van der Waals surface area (Å²) in [6.07, 6.45) is -0.191. The number of hydrogen-bond donors (Lipinski definition) is 0. The van der Waals surface area contributed by atoms with E-state index in [1.165, 1.54) is 30.1 Å². The third-order valence-corrected chi connectivity index (χ3v) is 3.56. The molecule has 0 fully saturated rings. The molecule has 0 bridgehead atoms. The quantitative estimate of drug-likeness (QED) is 0.430. The number of rotatable bonds is 2. The Bertz CT molecular complexity index is 682. The van der Waals surface area contributed by atoms with Crippen LogP contribution < -0.4 is 0 Å². The number of nitrogens with zero attached hydrogens (tertiary/aromatic N) is 3. The standard InChI is InChI=1S/C9H9F3.C6H4ClN3S/c1-2-7-3-5-8(6-4-7)9(10,11)12;1-11-6-9-3-4(2-8)5(7)10-6/h3-6H,2H2,1H3;3H,1H3. The van der Waals surface area contributed by atoms with Crippen molar-refractivity contribution in [2.45, 2.75) is 24.7 Å². The normalized spacial score (nSPS) is 10.5. The van der Waals surface area contributed by atoms with Gasteiger partial charge in [0.2, 0.25) is 0 Å². The summed E-state index contributed by atoms with van der Waals surface area (Å²) in [5, 5.41) is 9.25. The molecule has 1 heterocycles. The highest BCUT2D eigenvalue weighted by atomic mass is 35.5. The Labute approximate surface area is 141 Å². The lowest BCUT2D eigenvalue weighted by Gasteiger charge is -2.06. The molecule has 0 unspecified atom stereocenters. The average molecular weight is 360 g/mol. The molecule has 1 aromatic heterocycles. The molecule has 0 spiro atoms. The molecule has 0 atom stereocenters. The zero-order valence-electron chi connectivity index (χ0n) is 12.4. The number of aromatic nitrogens is 2. The maximum atomic E-state index is 12.0. The Morgan fingerprint density at radius 3 is 2.26 bits per heavy atom. The summed E-state index contributed by atoms with van der Waals surface area (Å²) >= 11 is 7.01. The molecule has 0 saturated heterocycles. The highest BCUT2D eigenvalue weighted by molar-refractivity contribution is 7.98. The second-order valence-corrected chi connectivity index (χ2v) is 5.35. The molecule has 2 rings (SSSR count). The van der Waals surface area contributed by atoms with Crippen molar-refractivity contribution in [2.75, 3.05) is 6.26 Å². The molecule has 0 radical (unpaired) electrons. The summed E-state index contributed by atoms with van der Waals surface area (Å²) in [5.74, 6) is 0. The van der Waals surface area contributed by atoms with Gasteiger partial charge in [0.05, 0.1) is 11.8 Å².